The van der Waals surface area contributed by atoms with Crippen molar-refractivity contribution in [3.63, 3.8) is 0 Å². The van der Waals surface area contributed by atoms with Gasteiger partial charge in [-0.2, -0.15) is 0 Å². The maximum Gasteiger partial charge on any atom is 0.142 e. The zero-order valence-corrected chi connectivity index (χ0v) is 13.3. The Hall–Kier alpha value is -2.20. The fraction of sp³-hybridized carbons (Fsp3) is 0.333. The van der Waals surface area contributed by atoms with Gasteiger partial charge in [0.15, 0.2) is 0 Å². The van der Waals surface area contributed by atoms with E-state index in [0.29, 0.717) is 12.3 Å². The third-order valence-corrected chi connectivity index (χ3v) is 3.45. The molecule has 0 atom stereocenters. The molecule has 0 spiro atoms. The standard InChI is InChI=1S/C18H24N2O2/c1-3-22-18-9-6-14(12-17(18)19)10-11-20-13-15-4-7-16(21-2)8-5-15/h4-9,12,20H,3,10-11,13,19H2,1-2H3. The monoisotopic (exact) mass is 300 g/mol. The number of benzene rings is 2. The minimum absolute atomic E-state index is 0.632. The van der Waals surface area contributed by atoms with E-state index in [1.54, 1.807) is 7.11 Å². The average Bonchev–Trinajstić information content (AvgIpc) is 2.55. The summed E-state index contributed by atoms with van der Waals surface area (Å²) in [7, 11) is 1.68. The van der Waals surface area contributed by atoms with E-state index in [9.17, 15) is 0 Å². The van der Waals surface area contributed by atoms with Crippen LogP contribution < -0.4 is 20.5 Å². The molecule has 0 heterocycles. The van der Waals surface area contributed by atoms with Gasteiger partial charge in [-0.3, -0.25) is 0 Å². The molecule has 0 saturated heterocycles. The van der Waals surface area contributed by atoms with E-state index in [1.807, 2.05) is 31.2 Å². The van der Waals surface area contributed by atoms with Crippen LogP contribution >= 0.6 is 0 Å². The van der Waals surface area contributed by atoms with Gasteiger partial charge in [0.1, 0.15) is 11.5 Å². The van der Waals surface area contributed by atoms with Gasteiger partial charge in [0, 0.05) is 6.54 Å². The van der Waals surface area contributed by atoms with Gasteiger partial charge in [0.05, 0.1) is 19.4 Å². The van der Waals surface area contributed by atoms with E-state index < -0.39 is 0 Å². The molecule has 2 aromatic carbocycles. The molecule has 4 heteroatoms. The minimum atomic E-state index is 0.632. The molecular formula is C18H24N2O2. The van der Waals surface area contributed by atoms with Crippen molar-refractivity contribution in [2.24, 2.45) is 0 Å². The van der Waals surface area contributed by atoms with Crippen LogP contribution in [-0.4, -0.2) is 20.3 Å². The first-order chi connectivity index (χ1) is 10.7. The third-order valence-electron chi connectivity index (χ3n) is 3.45. The lowest BCUT2D eigenvalue weighted by molar-refractivity contribution is 0.342. The number of rotatable bonds is 8. The Bertz CT molecular complexity index is 582. The smallest absolute Gasteiger partial charge is 0.142 e. The SMILES string of the molecule is CCOc1ccc(CCNCc2ccc(OC)cc2)cc1N. The Morgan fingerprint density at radius 3 is 2.41 bits per heavy atom. The summed E-state index contributed by atoms with van der Waals surface area (Å²) in [6, 6.07) is 14.1. The minimum Gasteiger partial charge on any atom is -0.497 e. The maximum atomic E-state index is 5.97. The molecular weight excluding hydrogens is 276 g/mol. The molecule has 0 aliphatic rings. The number of ether oxygens (including phenoxy) is 2. The van der Waals surface area contributed by atoms with Gasteiger partial charge in [-0.25, -0.2) is 0 Å². The van der Waals surface area contributed by atoms with Gasteiger partial charge in [-0.1, -0.05) is 18.2 Å². The highest BCUT2D eigenvalue weighted by Gasteiger charge is 2.01. The quantitative estimate of drug-likeness (QED) is 0.581. The van der Waals surface area contributed by atoms with Gasteiger partial charge < -0.3 is 20.5 Å². The number of methoxy groups -OCH3 is 1. The van der Waals surface area contributed by atoms with Gasteiger partial charge >= 0.3 is 0 Å². The first kappa shape index (κ1) is 16.2. The van der Waals surface area contributed by atoms with E-state index in [2.05, 4.69) is 23.5 Å². The average molecular weight is 300 g/mol. The molecule has 0 radical (unpaired) electrons. The number of nitrogen functional groups attached to an aromatic ring is 1. The molecule has 4 nitrogen and oxygen atoms in total. The molecule has 0 aliphatic carbocycles. The Morgan fingerprint density at radius 2 is 1.77 bits per heavy atom. The van der Waals surface area contributed by atoms with Crippen molar-refractivity contribution in [2.75, 3.05) is 26.0 Å². The Balaban J connectivity index is 1.77. The summed E-state index contributed by atoms with van der Waals surface area (Å²) in [6.07, 6.45) is 0.937. The molecule has 118 valence electrons. The molecule has 0 aromatic heterocycles. The summed E-state index contributed by atoms with van der Waals surface area (Å²) in [5.41, 5.74) is 9.13. The summed E-state index contributed by atoms with van der Waals surface area (Å²) in [5, 5.41) is 3.43. The molecule has 0 saturated carbocycles. The van der Waals surface area contributed by atoms with E-state index in [4.69, 9.17) is 15.2 Å². The highest BCUT2D eigenvalue weighted by atomic mass is 16.5. The first-order valence-corrected chi connectivity index (χ1v) is 7.57. The summed E-state index contributed by atoms with van der Waals surface area (Å²) >= 11 is 0. The maximum absolute atomic E-state index is 5.97. The normalized spacial score (nSPS) is 10.5. The largest absolute Gasteiger partial charge is 0.497 e. The lowest BCUT2D eigenvalue weighted by Gasteiger charge is -2.09. The number of nitrogens with two attached hydrogens (primary N) is 1. The number of hydrogen-bond donors (Lipinski definition) is 2. The second-order valence-electron chi connectivity index (χ2n) is 5.08. The molecule has 0 amide bonds. The van der Waals surface area contributed by atoms with Crippen LogP contribution in [0.3, 0.4) is 0 Å². The third kappa shape index (κ3) is 4.67. The predicted octanol–water partition coefficient (Wildman–Crippen LogP) is 3.01. The number of anilines is 1. The van der Waals surface area contributed by atoms with Gasteiger partial charge in [0.2, 0.25) is 0 Å². The van der Waals surface area contributed by atoms with Crippen molar-refractivity contribution in [1.29, 1.82) is 0 Å². The Labute approximate surface area is 132 Å². The van der Waals surface area contributed by atoms with Crippen LogP contribution in [-0.2, 0) is 13.0 Å². The summed E-state index contributed by atoms with van der Waals surface area (Å²) in [6.45, 7) is 4.33. The number of hydrogen-bond acceptors (Lipinski definition) is 4. The number of nitrogens with one attached hydrogen (secondary N) is 1. The highest BCUT2D eigenvalue weighted by Crippen LogP contribution is 2.22. The summed E-state index contributed by atoms with van der Waals surface area (Å²) in [5.74, 6) is 1.64. The fourth-order valence-corrected chi connectivity index (χ4v) is 2.25. The highest BCUT2D eigenvalue weighted by molar-refractivity contribution is 5.54. The lowest BCUT2D eigenvalue weighted by Crippen LogP contribution is -2.16. The van der Waals surface area contributed by atoms with Gasteiger partial charge in [-0.05, 0) is 55.3 Å². The molecule has 2 rings (SSSR count). The lowest BCUT2D eigenvalue weighted by atomic mass is 10.1. The van der Waals surface area contributed by atoms with Crippen LogP contribution in [0.25, 0.3) is 0 Å². The molecule has 3 N–H and O–H groups in total. The first-order valence-electron chi connectivity index (χ1n) is 7.57. The second kappa shape index (κ2) is 8.29. The van der Waals surface area contributed by atoms with E-state index in [-0.39, 0.29) is 0 Å². The van der Waals surface area contributed by atoms with Gasteiger partial charge in [-0.15, -0.1) is 0 Å². The molecule has 22 heavy (non-hydrogen) atoms. The van der Waals surface area contributed by atoms with Crippen LogP contribution in [0.1, 0.15) is 18.1 Å². The van der Waals surface area contributed by atoms with Crippen molar-refractivity contribution in [3.05, 3.63) is 53.6 Å². The van der Waals surface area contributed by atoms with E-state index in [1.165, 1.54) is 11.1 Å². The molecule has 2 aromatic rings. The van der Waals surface area contributed by atoms with Crippen LogP contribution in [0.2, 0.25) is 0 Å². The Morgan fingerprint density at radius 1 is 1.05 bits per heavy atom. The molecule has 0 aliphatic heterocycles. The molecule has 0 bridgehead atoms. The summed E-state index contributed by atoms with van der Waals surface area (Å²) in [4.78, 5) is 0. The van der Waals surface area contributed by atoms with E-state index >= 15 is 0 Å². The van der Waals surface area contributed by atoms with Crippen LogP contribution in [0.4, 0.5) is 5.69 Å². The van der Waals surface area contributed by atoms with Crippen molar-refractivity contribution in [3.8, 4) is 11.5 Å². The molecule has 0 unspecified atom stereocenters. The van der Waals surface area contributed by atoms with Crippen molar-refractivity contribution in [1.82, 2.24) is 5.32 Å². The van der Waals surface area contributed by atoms with Crippen molar-refractivity contribution in [2.45, 2.75) is 19.9 Å². The fourth-order valence-electron chi connectivity index (χ4n) is 2.25. The second-order valence-corrected chi connectivity index (χ2v) is 5.08. The zero-order valence-electron chi connectivity index (χ0n) is 13.3. The van der Waals surface area contributed by atoms with Crippen LogP contribution in [0.15, 0.2) is 42.5 Å². The molecule has 0 fully saturated rings. The van der Waals surface area contributed by atoms with Crippen molar-refractivity contribution >= 4 is 5.69 Å². The predicted molar refractivity (Wildman–Crippen MR) is 90.4 cm³/mol. The zero-order chi connectivity index (χ0) is 15.8. The Kier molecular flexibility index (Phi) is 6.10. The topological polar surface area (TPSA) is 56.5 Å². The van der Waals surface area contributed by atoms with Crippen LogP contribution in [0, 0.1) is 0 Å². The van der Waals surface area contributed by atoms with Crippen LogP contribution in [0.5, 0.6) is 11.5 Å². The van der Waals surface area contributed by atoms with Crippen molar-refractivity contribution < 1.29 is 9.47 Å². The van der Waals surface area contributed by atoms with E-state index in [0.717, 1.165) is 31.0 Å². The summed E-state index contributed by atoms with van der Waals surface area (Å²) < 4.78 is 10.6. The van der Waals surface area contributed by atoms with Gasteiger partial charge in [0.25, 0.3) is 0 Å².